The van der Waals surface area contributed by atoms with Crippen molar-refractivity contribution in [1.29, 1.82) is 0 Å². The second-order valence-corrected chi connectivity index (χ2v) is 7.97. The monoisotopic (exact) mass is 374 g/mol. The number of rotatable bonds is 3. The molecule has 2 aromatic carbocycles. The summed E-state index contributed by atoms with van der Waals surface area (Å²) in [4.78, 5) is 3.87. The van der Waals surface area contributed by atoms with E-state index in [1.807, 2.05) is 0 Å². The quantitative estimate of drug-likeness (QED) is 0.757. The van der Waals surface area contributed by atoms with E-state index in [-0.39, 0.29) is 15.8 Å². The largest absolute Gasteiger partial charge is 0.449 e. The molecule has 0 saturated heterocycles. The van der Waals surface area contributed by atoms with Crippen molar-refractivity contribution < 1.29 is 22.3 Å². The lowest BCUT2D eigenvalue weighted by Crippen LogP contribution is -2.29. The topological polar surface area (TPSA) is 77.5 Å². The molecule has 0 amide bonds. The fraction of sp³-hybridized carbons (Fsp3) is 0.167. The molecular formula is C18H15FN2O4S. The van der Waals surface area contributed by atoms with E-state index >= 15 is 0 Å². The maximum atomic E-state index is 13.9. The van der Waals surface area contributed by atoms with E-state index in [1.165, 1.54) is 18.3 Å². The molecule has 0 spiro atoms. The first-order valence-corrected chi connectivity index (χ1v) is 9.32. The number of fused-ring (bicyclic) bond motifs is 2. The van der Waals surface area contributed by atoms with Gasteiger partial charge in [0.15, 0.2) is 11.5 Å². The van der Waals surface area contributed by atoms with Crippen molar-refractivity contribution in [2.75, 3.05) is 4.72 Å². The Labute approximate surface area is 149 Å². The zero-order valence-corrected chi connectivity index (χ0v) is 14.8. The first kappa shape index (κ1) is 16.6. The minimum absolute atomic E-state index is 0.00260. The van der Waals surface area contributed by atoms with E-state index in [1.54, 1.807) is 38.1 Å². The van der Waals surface area contributed by atoms with Gasteiger partial charge in [0.1, 0.15) is 11.3 Å². The summed E-state index contributed by atoms with van der Waals surface area (Å²) in [5.74, 6) is -0.404. The average molecular weight is 374 g/mol. The van der Waals surface area contributed by atoms with Crippen LogP contribution in [0.2, 0.25) is 0 Å². The van der Waals surface area contributed by atoms with Gasteiger partial charge in [-0.3, -0.25) is 9.71 Å². The Balaban J connectivity index is 1.73. The van der Waals surface area contributed by atoms with Crippen molar-refractivity contribution in [3.05, 3.63) is 54.5 Å². The summed E-state index contributed by atoms with van der Waals surface area (Å²) in [6.07, 6.45) is 1.41. The SMILES string of the molecule is CC1(C)Oc2ccc(NS(=O)(=O)c3ccc(F)c4ncccc34)cc2O1. The molecule has 2 heterocycles. The highest BCUT2D eigenvalue weighted by atomic mass is 32.2. The Morgan fingerprint density at radius 1 is 1.08 bits per heavy atom. The number of nitrogens with one attached hydrogen (secondary N) is 1. The Bertz CT molecular complexity index is 1130. The molecule has 1 aliphatic rings. The van der Waals surface area contributed by atoms with Crippen molar-refractivity contribution in [2.24, 2.45) is 0 Å². The molecule has 0 atom stereocenters. The number of halogens is 1. The molecule has 3 aromatic rings. The fourth-order valence-corrected chi connectivity index (χ4v) is 4.09. The molecule has 4 rings (SSSR count). The predicted octanol–water partition coefficient (Wildman–Crippen LogP) is 3.68. The van der Waals surface area contributed by atoms with Crippen LogP contribution in [0.15, 0.2) is 53.6 Å². The van der Waals surface area contributed by atoms with Crippen LogP contribution in [0, 0.1) is 5.82 Å². The zero-order valence-electron chi connectivity index (χ0n) is 14.0. The van der Waals surface area contributed by atoms with E-state index in [2.05, 4.69) is 9.71 Å². The highest BCUT2D eigenvalue weighted by Crippen LogP contribution is 2.41. The maximum Gasteiger partial charge on any atom is 0.262 e. The van der Waals surface area contributed by atoms with Crippen LogP contribution in [0.25, 0.3) is 10.9 Å². The Kier molecular flexibility index (Phi) is 3.55. The van der Waals surface area contributed by atoms with Crippen LogP contribution in [-0.4, -0.2) is 19.2 Å². The van der Waals surface area contributed by atoms with Crippen LogP contribution in [0.5, 0.6) is 11.5 Å². The lowest BCUT2D eigenvalue weighted by Gasteiger charge is -2.16. The van der Waals surface area contributed by atoms with Crippen LogP contribution < -0.4 is 14.2 Å². The molecule has 1 aliphatic heterocycles. The number of nitrogens with zero attached hydrogens (tertiary/aromatic N) is 1. The van der Waals surface area contributed by atoms with Gasteiger partial charge in [-0.15, -0.1) is 0 Å². The normalized spacial score (nSPS) is 15.2. The van der Waals surface area contributed by atoms with Crippen LogP contribution in [0.1, 0.15) is 13.8 Å². The van der Waals surface area contributed by atoms with Crippen LogP contribution >= 0.6 is 0 Å². The molecular weight excluding hydrogens is 359 g/mol. The van der Waals surface area contributed by atoms with Gasteiger partial charge in [-0.1, -0.05) is 0 Å². The van der Waals surface area contributed by atoms with E-state index in [0.29, 0.717) is 17.2 Å². The van der Waals surface area contributed by atoms with Gasteiger partial charge in [0.05, 0.1) is 10.6 Å². The van der Waals surface area contributed by atoms with Gasteiger partial charge in [0.2, 0.25) is 5.79 Å². The number of hydrogen-bond donors (Lipinski definition) is 1. The second-order valence-electron chi connectivity index (χ2n) is 6.32. The van der Waals surface area contributed by atoms with E-state index in [9.17, 15) is 12.8 Å². The predicted molar refractivity (Wildman–Crippen MR) is 94.3 cm³/mol. The van der Waals surface area contributed by atoms with Gasteiger partial charge in [-0.2, -0.15) is 0 Å². The van der Waals surface area contributed by atoms with E-state index in [4.69, 9.17) is 9.47 Å². The molecule has 0 unspecified atom stereocenters. The molecule has 1 N–H and O–H groups in total. The molecule has 0 bridgehead atoms. The number of anilines is 1. The highest BCUT2D eigenvalue weighted by Gasteiger charge is 2.32. The number of sulfonamides is 1. The summed E-state index contributed by atoms with van der Waals surface area (Å²) in [6, 6.07) is 10.1. The van der Waals surface area contributed by atoms with E-state index in [0.717, 1.165) is 6.07 Å². The number of hydrogen-bond acceptors (Lipinski definition) is 5. The standard InChI is InChI=1S/C18H15FN2O4S/c1-18(2)24-14-7-5-11(10-15(14)25-18)21-26(22,23)16-8-6-13(19)17-12(16)4-3-9-20-17/h3-10,21H,1-2H3. The van der Waals surface area contributed by atoms with Crippen molar-refractivity contribution in [1.82, 2.24) is 4.98 Å². The molecule has 0 aliphatic carbocycles. The first-order valence-electron chi connectivity index (χ1n) is 7.83. The highest BCUT2D eigenvalue weighted by molar-refractivity contribution is 7.93. The molecule has 134 valence electrons. The van der Waals surface area contributed by atoms with Gasteiger partial charge in [0.25, 0.3) is 10.0 Å². The Morgan fingerprint density at radius 2 is 1.85 bits per heavy atom. The fourth-order valence-electron chi connectivity index (χ4n) is 2.84. The third kappa shape index (κ3) is 2.82. The van der Waals surface area contributed by atoms with Crippen molar-refractivity contribution in [3.8, 4) is 11.5 Å². The summed E-state index contributed by atoms with van der Waals surface area (Å²) in [5, 5.41) is 0.210. The Morgan fingerprint density at radius 3 is 2.65 bits per heavy atom. The maximum absolute atomic E-state index is 13.9. The summed E-state index contributed by atoms with van der Waals surface area (Å²) in [5.41, 5.74) is 0.314. The van der Waals surface area contributed by atoms with Gasteiger partial charge >= 0.3 is 0 Å². The summed E-state index contributed by atoms with van der Waals surface area (Å²) < 4.78 is 53.2. The zero-order chi connectivity index (χ0) is 18.5. The van der Waals surface area contributed by atoms with Crippen LogP contribution in [0.3, 0.4) is 0 Å². The molecule has 26 heavy (non-hydrogen) atoms. The average Bonchev–Trinajstić information content (AvgIpc) is 2.88. The number of ether oxygens (including phenoxy) is 2. The number of benzene rings is 2. The number of aromatic nitrogens is 1. The molecule has 0 fully saturated rings. The minimum atomic E-state index is -3.96. The van der Waals surface area contributed by atoms with Gasteiger partial charge in [-0.25, -0.2) is 12.8 Å². The third-order valence-electron chi connectivity index (χ3n) is 3.88. The van der Waals surface area contributed by atoms with Crippen LogP contribution in [0.4, 0.5) is 10.1 Å². The summed E-state index contributed by atoms with van der Waals surface area (Å²) >= 11 is 0. The van der Waals surface area contributed by atoms with Gasteiger partial charge < -0.3 is 9.47 Å². The smallest absolute Gasteiger partial charge is 0.262 e. The lowest BCUT2D eigenvalue weighted by molar-refractivity contribution is -0.0431. The molecule has 0 radical (unpaired) electrons. The first-order chi connectivity index (χ1) is 12.3. The Hall–Kier alpha value is -2.87. The molecule has 0 saturated carbocycles. The summed E-state index contributed by atoms with van der Waals surface area (Å²) in [7, 11) is -3.96. The van der Waals surface area contributed by atoms with Crippen LogP contribution in [-0.2, 0) is 10.0 Å². The van der Waals surface area contributed by atoms with E-state index < -0.39 is 21.6 Å². The molecule has 8 heteroatoms. The molecule has 1 aromatic heterocycles. The number of pyridine rings is 1. The second kappa shape index (κ2) is 5.57. The van der Waals surface area contributed by atoms with Gasteiger partial charge in [0, 0.05) is 31.5 Å². The van der Waals surface area contributed by atoms with Crippen molar-refractivity contribution in [2.45, 2.75) is 24.5 Å². The van der Waals surface area contributed by atoms with Gasteiger partial charge in [-0.05, 0) is 36.4 Å². The molecule has 6 nitrogen and oxygen atoms in total. The summed E-state index contributed by atoms with van der Waals surface area (Å²) in [6.45, 7) is 3.52. The lowest BCUT2D eigenvalue weighted by atomic mass is 10.2. The van der Waals surface area contributed by atoms with Crippen molar-refractivity contribution in [3.63, 3.8) is 0 Å². The minimum Gasteiger partial charge on any atom is -0.449 e. The van der Waals surface area contributed by atoms with Crippen molar-refractivity contribution >= 4 is 26.6 Å². The third-order valence-corrected chi connectivity index (χ3v) is 5.32.